The molecule has 0 aliphatic rings. The van der Waals surface area contributed by atoms with Crippen LogP contribution >= 0.6 is 0 Å². The lowest BCUT2D eigenvalue weighted by Gasteiger charge is -2.35. The number of phenolic OH excluding ortho intramolecular Hbond substituents is 2. The molecule has 3 aromatic rings. The molecule has 224 valence electrons. The standard InChI is InChI=1S/C33H41N3O6/c1-7-19-36(31(40)27(35-32(41)42-33(4,5)6)20-23-15-17-24(37)18-16-23)28(25-13-10-12-22(3)29(25)38)30(39)34-26-14-9-8-11-21(26)2/h8-18,27-28,37-38H,7,19-20H2,1-6H3,(H,34,39)(H,35,41). The third kappa shape index (κ3) is 8.49. The predicted molar refractivity (Wildman–Crippen MR) is 162 cm³/mol. The number of para-hydroxylation sites is 2. The number of anilines is 1. The van der Waals surface area contributed by atoms with E-state index in [-0.39, 0.29) is 30.0 Å². The Labute approximate surface area is 247 Å². The summed E-state index contributed by atoms with van der Waals surface area (Å²) >= 11 is 0. The maximum absolute atomic E-state index is 14.4. The fraction of sp³-hybridized carbons (Fsp3) is 0.364. The van der Waals surface area contributed by atoms with E-state index in [0.29, 0.717) is 23.2 Å². The molecular weight excluding hydrogens is 534 g/mol. The van der Waals surface area contributed by atoms with Crippen LogP contribution in [0, 0.1) is 13.8 Å². The van der Waals surface area contributed by atoms with Crippen molar-refractivity contribution >= 4 is 23.6 Å². The highest BCUT2D eigenvalue weighted by atomic mass is 16.6. The Kier molecular flexibility index (Phi) is 10.6. The molecule has 2 atom stereocenters. The number of nitrogens with zero attached hydrogens (tertiary/aromatic N) is 1. The molecule has 0 aliphatic heterocycles. The van der Waals surface area contributed by atoms with E-state index in [1.807, 2.05) is 26.0 Å². The number of carbonyl (C=O) groups is 3. The molecule has 0 bridgehead atoms. The van der Waals surface area contributed by atoms with Gasteiger partial charge in [0.2, 0.25) is 5.91 Å². The van der Waals surface area contributed by atoms with Crippen molar-refractivity contribution in [1.82, 2.24) is 10.2 Å². The summed E-state index contributed by atoms with van der Waals surface area (Å²) in [5.74, 6) is -1.06. The second kappa shape index (κ2) is 13.9. The lowest BCUT2D eigenvalue weighted by Crippen LogP contribution is -2.53. The third-order valence-electron chi connectivity index (χ3n) is 6.64. The summed E-state index contributed by atoms with van der Waals surface area (Å²) in [5.41, 5.74) is 2.11. The van der Waals surface area contributed by atoms with Crippen LogP contribution in [0.2, 0.25) is 0 Å². The number of phenols is 2. The van der Waals surface area contributed by atoms with E-state index in [9.17, 15) is 24.6 Å². The molecule has 0 saturated heterocycles. The van der Waals surface area contributed by atoms with Crippen molar-refractivity contribution in [2.75, 3.05) is 11.9 Å². The molecule has 42 heavy (non-hydrogen) atoms. The Morgan fingerprint density at radius 3 is 2.17 bits per heavy atom. The normalized spacial score (nSPS) is 12.6. The molecule has 0 fully saturated rings. The van der Waals surface area contributed by atoms with Gasteiger partial charge in [0.15, 0.2) is 0 Å². The Balaban J connectivity index is 2.09. The smallest absolute Gasteiger partial charge is 0.408 e. The fourth-order valence-electron chi connectivity index (χ4n) is 4.59. The molecule has 3 aromatic carbocycles. The van der Waals surface area contributed by atoms with Crippen LogP contribution < -0.4 is 10.6 Å². The van der Waals surface area contributed by atoms with E-state index >= 15 is 0 Å². The summed E-state index contributed by atoms with van der Waals surface area (Å²) in [6, 6.07) is 16.3. The molecule has 3 amide bonds. The zero-order valence-corrected chi connectivity index (χ0v) is 25.1. The number of carbonyl (C=O) groups excluding carboxylic acids is 3. The SMILES string of the molecule is CCCN(C(=O)C(Cc1ccc(O)cc1)NC(=O)OC(C)(C)C)C(C(=O)Nc1ccccc1C)c1cccc(C)c1O. The van der Waals surface area contributed by atoms with Crippen LogP contribution in [0.3, 0.4) is 0 Å². The number of benzene rings is 3. The van der Waals surface area contributed by atoms with Gasteiger partial charge in [0.25, 0.3) is 5.91 Å². The van der Waals surface area contributed by atoms with Gasteiger partial charge in [-0.1, -0.05) is 55.5 Å². The first-order chi connectivity index (χ1) is 19.8. The summed E-state index contributed by atoms with van der Waals surface area (Å²) in [6.45, 7) is 10.8. The van der Waals surface area contributed by atoms with Gasteiger partial charge in [-0.25, -0.2) is 4.79 Å². The molecule has 0 aromatic heterocycles. The van der Waals surface area contributed by atoms with Gasteiger partial charge in [-0.05, 0) is 75.9 Å². The van der Waals surface area contributed by atoms with Crippen molar-refractivity contribution in [3.05, 3.63) is 89.0 Å². The highest BCUT2D eigenvalue weighted by Gasteiger charge is 2.37. The molecule has 0 aliphatic carbocycles. The van der Waals surface area contributed by atoms with Crippen molar-refractivity contribution < 1.29 is 29.3 Å². The van der Waals surface area contributed by atoms with Crippen molar-refractivity contribution in [3.63, 3.8) is 0 Å². The summed E-state index contributed by atoms with van der Waals surface area (Å²) in [7, 11) is 0. The van der Waals surface area contributed by atoms with E-state index in [1.165, 1.54) is 17.0 Å². The zero-order chi connectivity index (χ0) is 31.0. The van der Waals surface area contributed by atoms with Gasteiger partial charge in [-0.15, -0.1) is 0 Å². The minimum Gasteiger partial charge on any atom is -0.508 e. The molecule has 9 nitrogen and oxygen atoms in total. The van der Waals surface area contributed by atoms with Crippen molar-refractivity contribution in [2.24, 2.45) is 0 Å². The van der Waals surface area contributed by atoms with Crippen molar-refractivity contribution in [2.45, 2.75) is 72.1 Å². The summed E-state index contributed by atoms with van der Waals surface area (Å²) < 4.78 is 5.45. The van der Waals surface area contributed by atoms with Gasteiger partial charge in [-0.3, -0.25) is 9.59 Å². The van der Waals surface area contributed by atoms with Crippen LogP contribution in [0.5, 0.6) is 11.5 Å². The molecule has 0 spiro atoms. The van der Waals surface area contributed by atoms with Crippen LogP contribution in [0.25, 0.3) is 0 Å². The van der Waals surface area contributed by atoms with Crippen LogP contribution in [0.1, 0.15) is 62.4 Å². The maximum Gasteiger partial charge on any atom is 0.408 e. The molecule has 0 heterocycles. The number of nitrogens with one attached hydrogen (secondary N) is 2. The molecule has 3 rings (SSSR count). The summed E-state index contributed by atoms with van der Waals surface area (Å²) in [5, 5.41) is 26.5. The van der Waals surface area contributed by atoms with E-state index in [1.54, 1.807) is 70.2 Å². The van der Waals surface area contributed by atoms with E-state index < -0.39 is 35.6 Å². The Morgan fingerprint density at radius 2 is 1.55 bits per heavy atom. The summed E-state index contributed by atoms with van der Waals surface area (Å²) in [4.78, 5) is 42.7. The monoisotopic (exact) mass is 575 g/mol. The lowest BCUT2D eigenvalue weighted by atomic mass is 9.97. The summed E-state index contributed by atoms with van der Waals surface area (Å²) in [6.07, 6.45) is -0.203. The average molecular weight is 576 g/mol. The van der Waals surface area contributed by atoms with E-state index in [2.05, 4.69) is 10.6 Å². The molecule has 0 saturated carbocycles. The van der Waals surface area contributed by atoms with Crippen molar-refractivity contribution in [3.8, 4) is 11.5 Å². The molecule has 0 radical (unpaired) electrons. The topological polar surface area (TPSA) is 128 Å². The third-order valence-corrected chi connectivity index (χ3v) is 6.64. The van der Waals surface area contributed by atoms with E-state index in [4.69, 9.17) is 4.74 Å². The number of ether oxygens (including phenoxy) is 1. The highest BCUT2D eigenvalue weighted by Crippen LogP contribution is 2.33. The van der Waals surface area contributed by atoms with Gasteiger partial charge >= 0.3 is 6.09 Å². The number of rotatable bonds is 10. The highest BCUT2D eigenvalue weighted by molar-refractivity contribution is 5.99. The zero-order valence-electron chi connectivity index (χ0n) is 25.1. The maximum atomic E-state index is 14.4. The quantitative estimate of drug-likeness (QED) is 0.243. The lowest BCUT2D eigenvalue weighted by molar-refractivity contribution is -0.140. The second-order valence-corrected chi connectivity index (χ2v) is 11.3. The van der Waals surface area contributed by atoms with Crippen LogP contribution in [-0.2, 0) is 20.7 Å². The van der Waals surface area contributed by atoms with Crippen LogP contribution in [-0.4, -0.2) is 51.2 Å². The first kappa shape index (κ1) is 32.0. The number of aryl methyl sites for hydroxylation is 2. The first-order valence-electron chi connectivity index (χ1n) is 14.0. The first-order valence-corrected chi connectivity index (χ1v) is 14.0. The molecule has 4 N–H and O–H groups in total. The minimum atomic E-state index is -1.21. The molecule has 9 heteroatoms. The van der Waals surface area contributed by atoms with Crippen molar-refractivity contribution in [1.29, 1.82) is 0 Å². The van der Waals surface area contributed by atoms with Gasteiger partial charge in [-0.2, -0.15) is 0 Å². The van der Waals surface area contributed by atoms with Crippen LogP contribution in [0.15, 0.2) is 66.7 Å². The Morgan fingerprint density at radius 1 is 0.905 bits per heavy atom. The number of alkyl carbamates (subject to hydrolysis) is 1. The number of aromatic hydroxyl groups is 2. The van der Waals surface area contributed by atoms with E-state index in [0.717, 1.165) is 5.56 Å². The predicted octanol–water partition coefficient (Wildman–Crippen LogP) is 5.77. The van der Waals surface area contributed by atoms with Gasteiger partial charge in [0.05, 0.1) is 0 Å². The number of amides is 3. The largest absolute Gasteiger partial charge is 0.508 e. The number of hydrogen-bond acceptors (Lipinski definition) is 6. The average Bonchev–Trinajstić information content (AvgIpc) is 2.91. The molecular formula is C33H41N3O6. The minimum absolute atomic E-state index is 0.0669. The van der Waals surface area contributed by atoms with Crippen LogP contribution in [0.4, 0.5) is 10.5 Å². The Bertz CT molecular complexity index is 1400. The van der Waals surface area contributed by atoms with Gasteiger partial charge < -0.3 is 30.5 Å². The van der Waals surface area contributed by atoms with Gasteiger partial charge in [0.1, 0.15) is 29.2 Å². The second-order valence-electron chi connectivity index (χ2n) is 11.3. The fourth-order valence-corrected chi connectivity index (χ4v) is 4.59. The van der Waals surface area contributed by atoms with Gasteiger partial charge in [0, 0.05) is 24.2 Å². The molecule has 2 unspecified atom stereocenters. The Hall–Kier alpha value is -4.53. The number of hydrogen-bond donors (Lipinski definition) is 4.